The number of halogens is 3. The van der Waals surface area contributed by atoms with Gasteiger partial charge in [0.1, 0.15) is 5.75 Å². The lowest BCUT2D eigenvalue weighted by molar-refractivity contribution is -0.137. The van der Waals surface area contributed by atoms with E-state index in [1.807, 2.05) is 25.8 Å². The van der Waals surface area contributed by atoms with Gasteiger partial charge in [-0.15, -0.1) is 0 Å². The van der Waals surface area contributed by atoms with Gasteiger partial charge >= 0.3 is 6.18 Å². The first-order valence-corrected chi connectivity index (χ1v) is 16.3. The van der Waals surface area contributed by atoms with E-state index in [0.29, 0.717) is 36.7 Å². The number of nitrogens with one attached hydrogen (secondary N) is 1. The second-order valence-corrected chi connectivity index (χ2v) is 12.6. The maximum Gasteiger partial charge on any atom is 0.416 e. The van der Waals surface area contributed by atoms with Crippen LogP contribution in [0.5, 0.6) is 5.75 Å². The number of rotatable bonds is 8. The highest BCUT2D eigenvalue weighted by molar-refractivity contribution is 6.05. The zero-order chi connectivity index (χ0) is 34.8. The summed E-state index contributed by atoms with van der Waals surface area (Å²) in [7, 11) is 1.88. The summed E-state index contributed by atoms with van der Waals surface area (Å²) >= 11 is 0. The van der Waals surface area contributed by atoms with Crippen LogP contribution < -0.4 is 10.1 Å². The van der Waals surface area contributed by atoms with E-state index >= 15 is 0 Å². The maximum absolute atomic E-state index is 14.3. The van der Waals surface area contributed by atoms with Crippen molar-refractivity contribution in [3.05, 3.63) is 89.2 Å². The first-order chi connectivity index (χ1) is 22.8. The third-order valence-corrected chi connectivity index (χ3v) is 8.48. The van der Waals surface area contributed by atoms with Crippen molar-refractivity contribution in [2.75, 3.05) is 38.7 Å². The van der Waals surface area contributed by atoms with E-state index in [-0.39, 0.29) is 48.7 Å². The standard InChI is InChI=1S/C36H45F3N4O5/c1-24-20-43(25(2)23-44)35(46)31-19-30(41-34(45)28-14-16-40-17-15-28)12-13-32(31)48-26(3)7-5-6-18-47-33(24)22-42(4)21-27-8-10-29(11-9-27)36(37,38)39/h8-17,19,24-26,33,44H,5-7,18,20-23H2,1-4H3,(H,41,45)/t24-,25+,26-,33-/m0/s1. The smallest absolute Gasteiger partial charge is 0.416 e. The molecule has 3 aromatic rings. The number of likely N-dealkylation sites (N-methyl/N-ethyl adjacent to an activating group) is 1. The van der Waals surface area contributed by atoms with Crippen LogP contribution in [0.2, 0.25) is 0 Å². The van der Waals surface area contributed by atoms with Crippen molar-refractivity contribution in [3.63, 3.8) is 0 Å². The van der Waals surface area contributed by atoms with E-state index in [1.165, 1.54) is 24.5 Å². The van der Waals surface area contributed by atoms with E-state index in [1.54, 1.807) is 42.2 Å². The van der Waals surface area contributed by atoms with Crippen molar-refractivity contribution in [1.29, 1.82) is 0 Å². The van der Waals surface area contributed by atoms with Crippen molar-refractivity contribution in [2.45, 2.75) is 71.0 Å². The van der Waals surface area contributed by atoms with Gasteiger partial charge in [-0.05, 0) is 88.2 Å². The highest BCUT2D eigenvalue weighted by Gasteiger charge is 2.32. The lowest BCUT2D eigenvalue weighted by Crippen LogP contribution is -2.47. The Labute approximate surface area is 280 Å². The maximum atomic E-state index is 14.3. The second kappa shape index (κ2) is 16.9. The molecule has 48 heavy (non-hydrogen) atoms. The van der Waals surface area contributed by atoms with Crippen LogP contribution in [0, 0.1) is 5.92 Å². The van der Waals surface area contributed by atoms with Crippen LogP contribution in [0.15, 0.2) is 67.0 Å². The lowest BCUT2D eigenvalue weighted by atomic mass is 10.0. The molecule has 0 fully saturated rings. The number of pyridine rings is 1. The zero-order valence-corrected chi connectivity index (χ0v) is 27.9. The van der Waals surface area contributed by atoms with E-state index < -0.39 is 17.8 Å². The molecule has 0 saturated carbocycles. The fourth-order valence-corrected chi connectivity index (χ4v) is 5.65. The Morgan fingerprint density at radius 3 is 2.48 bits per heavy atom. The molecule has 2 heterocycles. The summed E-state index contributed by atoms with van der Waals surface area (Å²) in [5, 5.41) is 13.0. The summed E-state index contributed by atoms with van der Waals surface area (Å²) in [5.74, 6) is -0.508. The normalized spacial score (nSPS) is 20.4. The molecule has 0 saturated heterocycles. The van der Waals surface area contributed by atoms with Gasteiger partial charge in [-0.25, -0.2) is 0 Å². The van der Waals surface area contributed by atoms with Gasteiger partial charge in [-0.2, -0.15) is 13.2 Å². The molecule has 1 aliphatic heterocycles. The predicted molar refractivity (Wildman–Crippen MR) is 177 cm³/mol. The van der Waals surface area contributed by atoms with Crippen molar-refractivity contribution < 1.29 is 37.3 Å². The topological polar surface area (TPSA) is 104 Å². The number of benzene rings is 2. The first kappa shape index (κ1) is 36.8. The molecule has 2 amide bonds. The quantitative estimate of drug-likeness (QED) is 0.291. The minimum atomic E-state index is -4.39. The van der Waals surface area contributed by atoms with Gasteiger partial charge in [0.05, 0.1) is 36.0 Å². The number of anilines is 1. The molecule has 4 atom stereocenters. The number of nitrogens with zero attached hydrogens (tertiary/aromatic N) is 3. The van der Waals surface area contributed by atoms with E-state index in [4.69, 9.17) is 9.47 Å². The number of carbonyl (C=O) groups excluding carboxylic acids is 2. The summed E-state index contributed by atoms with van der Waals surface area (Å²) in [6.45, 7) is 7.04. The number of hydrogen-bond donors (Lipinski definition) is 2. The van der Waals surface area contributed by atoms with Gasteiger partial charge in [0.2, 0.25) is 0 Å². The minimum Gasteiger partial charge on any atom is -0.490 e. The van der Waals surface area contributed by atoms with Gasteiger partial charge in [-0.3, -0.25) is 19.5 Å². The molecule has 0 aliphatic carbocycles. The summed E-state index contributed by atoms with van der Waals surface area (Å²) in [5.41, 5.74) is 1.14. The largest absolute Gasteiger partial charge is 0.490 e. The number of aliphatic hydroxyl groups excluding tert-OH is 1. The van der Waals surface area contributed by atoms with Crippen LogP contribution in [0.3, 0.4) is 0 Å². The predicted octanol–water partition coefficient (Wildman–Crippen LogP) is 6.28. The molecular weight excluding hydrogens is 625 g/mol. The molecule has 0 unspecified atom stereocenters. The van der Waals surface area contributed by atoms with E-state index in [9.17, 15) is 27.9 Å². The van der Waals surface area contributed by atoms with Crippen molar-refractivity contribution in [2.24, 2.45) is 5.92 Å². The summed E-state index contributed by atoms with van der Waals surface area (Å²) in [6.07, 6.45) is 0.489. The fourth-order valence-electron chi connectivity index (χ4n) is 5.65. The Hall–Kier alpha value is -4.00. The highest BCUT2D eigenvalue weighted by Crippen LogP contribution is 2.30. The van der Waals surface area contributed by atoms with Crippen LogP contribution in [0.25, 0.3) is 0 Å². The molecule has 9 nitrogen and oxygen atoms in total. The monoisotopic (exact) mass is 670 g/mol. The summed E-state index contributed by atoms with van der Waals surface area (Å²) in [6, 6.07) is 12.8. The highest BCUT2D eigenvalue weighted by atomic mass is 19.4. The lowest BCUT2D eigenvalue weighted by Gasteiger charge is -2.36. The third kappa shape index (κ3) is 10.2. The van der Waals surface area contributed by atoms with Gasteiger partial charge < -0.3 is 24.8 Å². The number of fused-ring (bicyclic) bond motifs is 1. The Morgan fingerprint density at radius 1 is 1.10 bits per heavy atom. The van der Waals surface area contributed by atoms with Gasteiger partial charge in [0.25, 0.3) is 11.8 Å². The molecule has 0 radical (unpaired) electrons. The number of aliphatic hydroxyl groups is 1. The Kier molecular flexibility index (Phi) is 13.0. The van der Waals surface area contributed by atoms with E-state index in [0.717, 1.165) is 37.0 Å². The number of alkyl halides is 3. The number of carbonyl (C=O) groups is 2. The van der Waals surface area contributed by atoms with Crippen molar-refractivity contribution in [3.8, 4) is 5.75 Å². The molecule has 2 N–H and O–H groups in total. The SMILES string of the molecule is C[C@H](CO)N1C[C@H](C)[C@H](CN(C)Cc2ccc(C(F)(F)F)cc2)OCCCC[C@H](C)Oc2ccc(NC(=O)c3ccncc3)cc2C1=O. The molecule has 2 aromatic carbocycles. The zero-order valence-electron chi connectivity index (χ0n) is 27.9. The van der Waals surface area contributed by atoms with Gasteiger partial charge in [0.15, 0.2) is 0 Å². The van der Waals surface area contributed by atoms with Gasteiger partial charge in [0, 0.05) is 55.8 Å². The average molecular weight is 671 g/mol. The molecule has 4 rings (SSSR count). The number of amides is 2. The summed E-state index contributed by atoms with van der Waals surface area (Å²) < 4.78 is 51.8. The number of aromatic nitrogens is 1. The molecule has 260 valence electrons. The average Bonchev–Trinajstić information content (AvgIpc) is 3.06. The van der Waals surface area contributed by atoms with Crippen molar-refractivity contribution >= 4 is 17.5 Å². The van der Waals surface area contributed by atoms with E-state index in [2.05, 4.69) is 10.3 Å². The Morgan fingerprint density at radius 2 is 1.81 bits per heavy atom. The van der Waals surface area contributed by atoms with Crippen LogP contribution in [-0.2, 0) is 17.5 Å². The van der Waals surface area contributed by atoms with Crippen LogP contribution in [-0.4, -0.2) is 83.3 Å². The molecule has 1 aromatic heterocycles. The van der Waals surface area contributed by atoms with Crippen LogP contribution in [0.1, 0.15) is 71.9 Å². The molecule has 12 heteroatoms. The Bertz CT molecular complexity index is 1490. The number of hydrogen-bond acceptors (Lipinski definition) is 7. The molecule has 1 aliphatic rings. The van der Waals surface area contributed by atoms with Crippen LogP contribution >= 0.6 is 0 Å². The van der Waals surface area contributed by atoms with Gasteiger partial charge in [-0.1, -0.05) is 19.1 Å². The molecule has 0 spiro atoms. The summed E-state index contributed by atoms with van der Waals surface area (Å²) in [4.78, 5) is 34.8. The fraction of sp³-hybridized carbons (Fsp3) is 0.472. The minimum absolute atomic E-state index is 0.182. The first-order valence-electron chi connectivity index (χ1n) is 16.3. The number of ether oxygens (including phenoxy) is 2. The second-order valence-electron chi connectivity index (χ2n) is 12.6. The molecular formula is C36H45F3N4O5. The van der Waals surface area contributed by atoms with Crippen LogP contribution in [0.4, 0.5) is 18.9 Å². The Balaban J connectivity index is 1.58. The third-order valence-electron chi connectivity index (χ3n) is 8.48. The molecule has 0 bridgehead atoms. The van der Waals surface area contributed by atoms with Crippen molar-refractivity contribution in [1.82, 2.24) is 14.8 Å².